The Hall–Kier alpha value is -0.930. The minimum atomic E-state index is 0.429. The third-order valence-electron chi connectivity index (χ3n) is 1.99. The molecule has 0 aliphatic carbocycles. The van der Waals surface area contributed by atoms with Crippen LogP contribution in [0.4, 0.5) is 0 Å². The third kappa shape index (κ3) is 3.98. The highest BCUT2D eigenvalue weighted by atomic mass is 32.1. The molecule has 0 radical (unpaired) electrons. The minimum Gasteiger partial charge on any atom is -0.389 e. The third-order valence-corrected chi connectivity index (χ3v) is 2.21. The number of rotatable bonds is 5. The molecule has 1 aromatic rings. The highest BCUT2D eigenvalue weighted by molar-refractivity contribution is 7.80. The summed E-state index contributed by atoms with van der Waals surface area (Å²) in [5.41, 5.74) is 7.60. The van der Waals surface area contributed by atoms with Crippen molar-refractivity contribution in [2.75, 3.05) is 6.61 Å². The van der Waals surface area contributed by atoms with Gasteiger partial charge in [-0.3, -0.25) is 0 Å². The van der Waals surface area contributed by atoms with Crippen molar-refractivity contribution in [1.82, 2.24) is 0 Å². The first-order valence-electron chi connectivity index (χ1n) is 5.06. The van der Waals surface area contributed by atoms with Gasteiger partial charge in [0.05, 0.1) is 6.61 Å². The number of ether oxygens (including phenoxy) is 1. The molecule has 0 saturated heterocycles. The van der Waals surface area contributed by atoms with E-state index in [0.717, 1.165) is 17.7 Å². The van der Waals surface area contributed by atoms with Crippen molar-refractivity contribution < 1.29 is 4.74 Å². The average molecular weight is 223 g/mol. The van der Waals surface area contributed by atoms with Crippen LogP contribution < -0.4 is 5.73 Å². The molecule has 0 bridgehead atoms. The zero-order chi connectivity index (χ0) is 11.3. The SMILES string of the molecule is CC(C)COCc1ccccc1C(N)=S. The van der Waals surface area contributed by atoms with Gasteiger partial charge >= 0.3 is 0 Å². The fourth-order valence-corrected chi connectivity index (χ4v) is 1.49. The molecule has 0 aliphatic rings. The van der Waals surface area contributed by atoms with E-state index < -0.39 is 0 Å². The van der Waals surface area contributed by atoms with Gasteiger partial charge in [-0.2, -0.15) is 0 Å². The lowest BCUT2D eigenvalue weighted by Crippen LogP contribution is -2.13. The summed E-state index contributed by atoms with van der Waals surface area (Å²) >= 11 is 4.97. The normalized spacial score (nSPS) is 10.6. The quantitative estimate of drug-likeness (QED) is 0.779. The van der Waals surface area contributed by atoms with Gasteiger partial charge in [-0.1, -0.05) is 50.3 Å². The molecule has 3 heteroatoms. The van der Waals surface area contributed by atoms with E-state index in [1.54, 1.807) is 0 Å². The van der Waals surface area contributed by atoms with Gasteiger partial charge in [-0.15, -0.1) is 0 Å². The van der Waals surface area contributed by atoms with E-state index in [4.69, 9.17) is 22.7 Å². The molecule has 82 valence electrons. The smallest absolute Gasteiger partial charge is 0.104 e. The Bertz CT molecular complexity index is 336. The van der Waals surface area contributed by atoms with Crippen molar-refractivity contribution >= 4 is 17.2 Å². The largest absolute Gasteiger partial charge is 0.389 e. The van der Waals surface area contributed by atoms with E-state index in [1.807, 2.05) is 24.3 Å². The number of hydrogen-bond donors (Lipinski definition) is 1. The van der Waals surface area contributed by atoms with Gasteiger partial charge in [-0.05, 0) is 11.5 Å². The van der Waals surface area contributed by atoms with Crippen LogP contribution in [-0.2, 0) is 11.3 Å². The summed E-state index contributed by atoms with van der Waals surface area (Å²) in [4.78, 5) is 0.429. The van der Waals surface area contributed by atoms with Crippen molar-refractivity contribution in [1.29, 1.82) is 0 Å². The molecule has 0 unspecified atom stereocenters. The summed E-state index contributed by atoms with van der Waals surface area (Å²) in [7, 11) is 0. The molecular formula is C12H17NOS. The van der Waals surface area contributed by atoms with E-state index in [2.05, 4.69) is 13.8 Å². The molecule has 1 aromatic carbocycles. The van der Waals surface area contributed by atoms with Crippen LogP contribution in [0.5, 0.6) is 0 Å². The van der Waals surface area contributed by atoms with E-state index in [-0.39, 0.29) is 0 Å². The van der Waals surface area contributed by atoms with Crippen molar-refractivity contribution in [3.05, 3.63) is 35.4 Å². The molecular weight excluding hydrogens is 206 g/mol. The molecule has 1 rings (SSSR count). The lowest BCUT2D eigenvalue weighted by atomic mass is 10.1. The van der Waals surface area contributed by atoms with E-state index in [1.165, 1.54) is 0 Å². The summed E-state index contributed by atoms with van der Waals surface area (Å²) < 4.78 is 5.56. The highest BCUT2D eigenvalue weighted by Crippen LogP contribution is 2.10. The monoisotopic (exact) mass is 223 g/mol. The van der Waals surface area contributed by atoms with E-state index in [9.17, 15) is 0 Å². The molecule has 0 fully saturated rings. The summed E-state index contributed by atoms with van der Waals surface area (Å²) in [5, 5.41) is 0. The predicted molar refractivity (Wildman–Crippen MR) is 66.8 cm³/mol. The van der Waals surface area contributed by atoms with Crippen molar-refractivity contribution in [3.63, 3.8) is 0 Å². The molecule has 0 aromatic heterocycles. The molecule has 2 nitrogen and oxygen atoms in total. The van der Waals surface area contributed by atoms with Gasteiger partial charge in [0.15, 0.2) is 0 Å². The standard InChI is InChI=1S/C12H17NOS/c1-9(2)7-14-8-10-5-3-4-6-11(10)12(13)15/h3-6,9H,7-8H2,1-2H3,(H2,13,15). The average Bonchev–Trinajstić information content (AvgIpc) is 2.17. The summed E-state index contributed by atoms with van der Waals surface area (Å²) in [6.45, 7) is 5.58. The van der Waals surface area contributed by atoms with Crippen LogP contribution >= 0.6 is 12.2 Å². The van der Waals surface area contributed by atoms with Gasteiger partial charge in [0, 0.05) is 12.2 Å². The molecule has 0 atom stereocenters. The number of thiocarbonyl (C=S) groups is 1. The second-order valence-electron chi connectivity index (χ2n) is 3.93. The summed E-state index contributed by atoms with van der Waals surface area (Å²) in [6.07, 6.45) is 0. The van der Waals surface area contributed by atoms with Crippen molar-refractivity contribution in [3.8, 4) is 0 Å². The van der Waals surface area contributed by atoms with Gasteiger partial charge in [-0.25, -0.2) is 0 Å². The molecule has 0 amide bonds. The Morgan fingerprint density at radius 3 is 2.67 bits per heavy atom. The molecule has 0 heterocycles. The Kier molecular flexibility index (Phi) is 4.72. The second-order valence-corrected chi connectivity index (χ2v) is 4.37. The predicted octanol–water partition coefficient (Wildman–Crippen LogP) is 2.49. The van der Waals surface area contributed by atoms with Gasteiger partial charge in [0.1, 0.15) is 4.99 Å². The maximum absolute atomic E-state index is 5.62. The van der Waals surface area contributed by atoms with Crippen LogP contribution in [0.1, 0.15) is 25.0 Å². The zero-order valence-corrected chi connectivity index (χ0v) is 10.0. The first-order valence-corrected chi connectivity index (χ1v) is 5.47. The first kappa shape index (κ1) is 12.1. The maximum Gasteiger partial charge on any atom is 0.104 e. The van der Waals surface area contributed by atoms with Crippen molar-refractivity contribution in [2.24, 2.45) is 11.7 Å². The van der Waals surface area contributed by atoms with Gasteiger partial charge in [0.2, 0.25) is 0 Å². The maximum atomic E-state index is 5.62. The molecule has 15 heavy (non-hydrogen) atoms. The summed E-state index contributed by atoms with van der Waals surface area (Å²) in [6, 6.07) is 7.82. The van der Waals surface area contributed by atoms with Crippen LogP contribution in [0, 0.1) is 5.92 Å². The fourth-order valence-electron chi connectivity index (χ4n) is 1.29. The zero-order valence-electron chi connectivity index (χ0n) is 9.19. The number of hydrogen-bond acceptors (Lipinski definition) is 2. The van der Waals surface area contributed by atoms with Crippen molar-refractivity contribution in [2.45, 2.75) is 20.5 Å². The van der Waals surface area contributed by atoms with E-state index >= 15 is 0 Å². The Morgan fingerprint density at radius 2 is 2.07 bits per heavy atom. The van der Waals surface area contributed by atoms with Crippen LogP contribution in [0.25, 0.3) is 0 Å². The second kappa shape index (κ2) is 5.83. The van der Waals surface area contributed by atoms with Crippen LogP contribution in [-0.4, -0.2) is 11.6 Å². The molecule has 2 N–H and O–H groups in total. The summed E-state index contributed by atoms with van der Waals surface area (Å²) in [5.74, 6) is 0.544. The first-order chi connectivity index (χ1) is 7.11. The fraction of sp³-hybridized carbons (Fsp3) is 0.417. The molecule has 0 aliphatic heterocycles. The van der Waals surface area contributed by atoms with Crippen LogP contribution in [0.15, 0.2) is 24.3 Å². The number of benzene rings is 1. The van der Waals surface area contributed by atoms with Gasteiger partial charge < -0.3 is 10.5 Å². The lowest BCUT2D eigenvalue weighted by Gasteiger charge is -2.10. The Balaban J connectivity index is 2.63. The minimum absolute atomic E-state index is 0.429. The van der Waals surface area contributed by atoms with E-state index in [0.29, 0.717) is 17.5 Å². The lowest BCUT2D eigenvalue weighted by molar-refractivity contribution is 0.0970. The Labute approximate surface area is 96.4 Å². The van der Waals surface area contributed by atoms with Crippen LogP contribution in [0.3, 0.4) is 0 Å². The number of nitrogens with two attached hydrogens (primary N) is 1. The molecule has 0 spiro atoms. The van der Waals surface area contributed by atoms with Gasteiger partial charge in [0.25, 0.3) is 0 Å². The molecule has 0 saturated carbocycles. The van der Waals surface area contributed by atoms with Crippen LogP contribution in [0.2, 0.25) is 0 Å². The Morgan fingerprint density at radius 1 is 1.40 bits per heavy atom. The topological polar surface area (TPSA) is 35.2 Å². The highest BCUT2D eigenvalue weighted by Gasteiger charge is 2.04.